The number of carbonyl (C=O) groups is 3. The molecule has 0 saturated carbocycles. The first-order valence-corrected chi connectivity index (χ1v) is 14.3. The Labute approximate surface area is 241 Å². The van der Waals surface area contributed by atoms with Crippen LogP contribution in [0.4, 0.5) is 8.78 Å². The summed E-state index contributed by atoms with van der Waals surface area (Å²) in [5.74, 6) is -3.21. The molecule has 4 N–H and O–H groups in total. The summed E-state index contributed by atoms with van der Waals surface area (Å²) in [6, 6.07) is 8.29. The summed E-state index contributed by atoms with van der Waals surface area (Å²) in [7, 11) is 0. The van der Waals surface area contributed by atoms with Crippen molar-refractivity contribution >= 4 is 17.7 Å². The van der Waals surface area contributed by atoms with Gasteiger partial charge in [0, 0.05) is 49.4 Å². The van der Waals surface area contributed by atoms with Crippen LogP contribution in [0.25, 0.3) is 0 Å². The Bertz CT molecular complexity index is 1120. The van der Waals surface area contributed by atoms with Crippen molar-refractivity contribution in [1.29, 1.82) is 0 Å². The lowest BCUT2D eigenvalue weighted by Crippen LogP contribution is -2.46. The minimum atomic E-state index is -1.23. The first kappa shape index (κ1) is 33.8. The van der Waals surface area contributed by atoms with Crippen LogP contribution in [0, 0.1) is 17.6 Å². The van der Waals surface area contributed by atoms with E-state index in [-0.39, 0.29) is 48.9 Å². The van der Waals surface area contributed by atoms with Gasteiger partial charge in [0.05, 0.1) is 12.1 Å². The molecule has 0 spiro atoms. The van der Waals surface area contributed by atoms with Crippen molar-refractivity contribution in [1.82, 2.24) is 15.5 Å². The monoisotopic (exact) mass is 575 g/mol. The van der Waals surface area contributed by atoms with Gasteiger partial charge in [-0.2, -0.15) is 0 Å². The van der Waals surface area contributed by atoms with Crippen molar-refractivity contribution in [3.63, 3.8) is 0 Å². The van der Waals surface area contributed by atoms with Gasteiger partial charge in [0.2, 0.25) is 5.91 Å². The third-order valence-electron chi connectivity index (χ3n) is 6.83. The zero-order chi connectivity index (χ0) is 30.4. The van der Waals surface area contributed by atoms with Gasteiger partial charge in [-0.25, -0.2) is 8.78 Å². The van der Waals surface area contributed by atoms with E-state index in [1.54, 1.807) is 30.0 Å². The number of rotatable bonds is 17. The van der Waals surface area contributed by atoms with Crippen LogP contribution in [-0.4, -0.2) is 71.2 Å². The quantitative estimate of drug-likeness (QED) is 0.214. The molecular formula is C31H43F2N3O5. The molecular weight excluding hydrogens is 532 g/mol. The molecule has 0 fully saturated rings. The van der Waals surface area contributed by atoms with Crippen molar-refractivity contribution in [3.05, 3.63) is 70.8 Å². The number of carbonyl (C=O) groups excluding carboxylic acids is 3. The number of amides is 3. The second-order valence-corrected chi connectivity index (χ2v) is 10.2. The van der Waals surface area contributed by atoms with Crippen LogP contribution >= 0.6 is 0 Å². The average Bonchev–Trinajstić information content (AvgIpc) is 2.94. The maximum Gasteiger partial charge on any atom is 0.253 e. The highest BCUT2D eigenvalue weighted by atomic mass is 19.1. The average molecular weight is 576 g/mol. The van der Waals surface area contributed by atoms with E-state index in [1.807, 2.05) is 13.8 Å². The summed E-state index contributed by atoms with van der Waals surface area (Å²) in [6.07, 6.45) is 1.07. The molecule has 0 saturated heterocycles. The van der Waals surface area contributed by atoms with Gasteiger partial charge in [0.1, 0.15) is 11.6 Å². The smallest absolute Gasteiger partial charge is 0.253 e. The zero-order valence-electron chi connectivity index (χ0n) is 24.2. The Kier molecular flexibility index (Phi) is 14.4. The van der Waals surface area contributed by atoms with E-state index < -0.39 is 35.6 Å². The summed E-state index contributed by atoms with van der Waals surface area (Å²) < 4.78 is 27.8. The predicted octanol–water partition coefficient (Wildman–Crippen LogP) is 3.84. The molecule has 0 aliphatic rings. The summed E-state index contributed by atoms with van der Waals surface area (Å²) in [4.78, 5) is 40.8. The molecule has 0 aromatic heterocycles. The number of nitrogens with zero attached hydrogens (tertiary/aromatic N) is 1. The molecule has 226 valence electrons. The molecule has 2 aromatic rings. The third-order valence-corrected chi connectivity index (χ3v) is 6.83. The Balaban J connectivity index is 2.29. The van der Waals surface area contributed by atoms with Gasteiger partial charge in [-0.05, 0) is 74.4 Å². The lowest BCUT2D eigenvalue weighted by molar-refractivity contribution is -0.126. The number of hydrogen-bond donors (Lipinski definition) is 4. The Morgan fingerprint density at radius 2 is 1.59 bits per heavy atom. The second-order valence-electron chi connectivity index (χ2n) is 10.2. The van der Waals surface area contributed by atoms with Crippen LogP contribution < -0.4 is 10.6 Å². The molecule has 2 rings (SSSR count). The van der Waals surface area contributed by atoms with Crippen molar-refractivity contribution in [2.45, 2.75) is 71.4 Å². The molecule has 10 heteroatoms. The fourth-order valence-electron chi connectivity index (χ4n) is 4.70. The van der Waals surface area contributed by atoms with Crippen molar-refractivity contribution < 1.29 is 33.4 Å². The minimum Gasteiger partial charge on any atom is -0.396 e. The molecule has 3 atom stereocenters. The van der Waals surface area contributed by atoms with Crippen LogP contribution in [0.15, 0.2) is 42.5 Å². The molecule has 0 bridgehead atoms. The largest absolute Gasteiger partial charge is 0.396 e. The fraction of sp³-hybridized carbons (Fsp3) is 0.516. The van der Waals surface area contributed by atoms with E-state index in [9.17, 15) is 28.3 Å². The fourth-order valence-corrected chi connectivity index (χ4v) is 4.70. The Morgan fingerprint density at radius 1 is 0.951 bits per heavy atom. The van der Waals surface area contributed by atoms with Gasteiger partial charge in [-0.3, -0.25) is 14.4 Å². The molecule has 0 radical (unpaired) electrons. The molecule has 0 aliphatic carbocycles. The Hall–Kier alpha value is -3.37. The van der Waals surface area contributed by atoms with Crippen LogP contribution in [-0.2, 0) is 11.2 Å². The van der Waals surface area contributed by atoms with Gasteiger partial charge in [-0.1, -0.05) is 26.8 Å². The molecule has 0 unspecified atom stereocenters. The van der Waals surface area contributed by atoms with E-state index in [0.29, 0.717) is 31.5 Å². The van der Waals surface area contributed by atoms with Crippen LogP contribution in [0.1, 0.15) is 79.2 Å². The summed E-state index contributed by atoms with van der Waals surface area (Å²) >= 11 is 0. The SMILES string of the molecule is CCCN(CCC)C(=O)c1cccc(C(=O)N[C@@H](Cc2cc(F)cc(F)c2)[C@@H](O)C[C@@H](CC)C(=O)NCCCO)c1. The van der Waals surface area contributed by atoms with Gasteiger partial charge in [0.25, 0.3) is 11.8 Å². The van der Waals surface area contributed by atoms with E-state index in [0.717, 1.165) is 31.0 Å². The lowest BCUT2D eigenvalue weighted by Gasteiger charge is -2.27. The van der Waals surface area contributed by atoms with Gasteiger partial charge in [-0.15, -0.1) is 0 Å². The minimum absolute atomic E-state index is 0.00821. The molecule has 8 nitrogen and oxygen atoms in total. The number of halogens is 2. The van der Waals surface area contributed by atoms with Crippen molar-refractivity contribution in [2.75, 3.05) is 26.2 Å². The topological polar surface area (TPSA) is 119 Å². The molecule has 3 amide bonds. The van der Waals surface area contributed by atoms with Crippen LogP contribution in [0.2, 0.25) is 0 Å². The Morgan fingerprint density at radius 3 is 2.17 bits per heavy atom. The number of aliphatic hydroxyl groups excluding tert-OH is 2. The van der Waals surface area contributed by atoms with Crippen LogP contribution in [0.3, 0.4) is 0 Å². The van der Waals surface area contributed by atoms with Gasteiger partial charge >= 0.3 is 0 Å². The van der Waals surface area contributed by atoms with Crippen molar-refractivity contribution in [2.24, 2.45) is 5.92 Å². The maximum absolute atomic E-state index is 13.9. The van der Waals surface area contributed by atoms with Gasteiger partial charge < -0.3 is 25.7 Å². The first-order chi connectivity index (χ1) is 19.6. The molecule has 0 heterocycles. The number of benzene rings is 2. The highest BCUT2D eigenvalue weighted by Gasteiger charge is 2.28. The highest BCUT2D eigenvalue weighted by molar-refractivity contribution is 5.99. The highest BCUT2D eigenvalue weighted by Crippen LogP contribution is 2.19. The van der Waals surface area contributed by atoms with Crippen LogP contribution in [0.5, 0.6) is 0 Å². The molecule has 0 aliphatic heterocycles. The van der Waals surface area contributed by atoms with E-state index >= 15 is 0 Å². The number of hydrogen-bond acceptors (Lipinski definition) is 5. The van der Waals surface area contributed by atoms with Gasteiger partial charge in [0.15, 0.2) is 0 Å². The number of nitrogens with one attached hydrogen (secondary N) is 2. The molecule has 2 aromatic carbocycles. The standard InChI is InChI=1S/C31H43F2N3O5/c1-4-12-36(13-5-2)31(41)24-10-7-9-23(18-24)30(40)35-27(17-21-15-25(32)20-26(33)16-21)28(38)19-22(6-3)29(39)34-11-8-14-37/h7,9-10,15-16,18,20,22,27-28,37-38H,4-6,8,11-14,17,19H2,1-3H3,(H,34,39)(H,35,40)/t22-,27+,28+/m1/s1. The summed E-state index contributed by atoms with van der Waals surface area (Å²) in [6.45, 7) is 7.16. The number of aliphatic hydroxyl groups is 2. The van der Waals surface area contributed by atoms with Crippen molar-refractivity contribution in [3.8, 4) is 0 Å². The zero-order valence-corrected chi connectivity index (χ0v) is 24.2. The van der Waals surface area contributed by atoms with E-state index in [2.05, 4.69) is 10.6 Å². The van der Waals surface area contributed by atoms with E-state index in [4.69, 9.17) is 5.11 Å². The second kappa shape index (κ2) is 17.4. The lowest BCUT2D eigenvalue weighted by atomic mass is 9.91. The maximum atomic E-state index is 13.9. The normalized spacial score (nSPS) is 13.2. The first-order valence-electron chi connectivity index (χ1n) is 14.3. The predicted molar refractivity (Wildman–Crippen MR) is 153 cm³/mol. The summed E-state index contributed by atoms with van der Waals surface area (Å²) in [5.41, 5.74) is 0.778. The molecule has 41 heavy (non-hydrogen) atoms. The van der Waals surface area contributed by atoms with E-state index in [1.165, 1.54) is 6.07 Å². The third kappa shape index (κ3) is 10.8. The summed E-state index contributed by atoms with van der Waals surface area (Å²) in [5, 5.41) is 25.6.